The zero-order valence-corrected chi connectivity index (χ0v) is 18.1. The molecule has 0 aliphatic heterocycles. The van der Waals surface area contributed by atoms with Gasteiger partial charge in [-0.3, -0.25) is 9.78 Å². The van der Waals surface area contributed by atoms with E-state index in [-0.39, 0.29) is 12.5 Å². The number of carbonyl (C=O) groups excluding carboxylic acids is 2. The van der Waals surface area contributed by atoms with Crippen molar-refractivity contribution in [1.29, 1.82) is 0 Å². The van der Waals surface area contributed by atoms with Crippen LogP contribution in [-0.4, -0.2) is 28.4 Å². The number of hydrogen-bond donors (Lipinski definition) is 0. The average molecular weight is 437 g/mol. The molecule has 3 aromatic carbocycles. The highest BCUT2D eigenvalue weighted by Crippen LogP contribution is 2.17. The van der Waals surface area contributed by atoms with E-state index in [1.54, 1.807) is 17.2 Å². The molecule has 0 fully saturated rings. The third-order valence-electron chi connectivity index (χ3n) is 5.19. The fourth-order valence-electron chi connectivity index (χ4n) is 3.53. The lowest BCUT2D eigenvalue weighted by molar-refractivity contribution is -0.148. The number of pyridine rings is 1. The summed E-state index contributed by atoms with van der Waals surface area (Å²) < 4.78 is 5.26. The Hall–Kier alpha value is -4.25. The number of aromatic nitrogens is 1. The van der Waals surface area contributed by atoms with Crippen LogP contribution >= 0.6 is 0 Å². The maximum absolute atomic E-state index is 12.9. The monoisotopic (exact) mass is 436 g/mol. The van der Waals surface area contributed by atoms with Gasteiger partial charge in [0.05, 0.1) is 5.52 Å². The zero-order valence-electron chi connectivity index (χ0n) is 18.1. The second-order valence-corrected chi connectivity index (χ2v) is 7.58. The number of fused-ring (bicyclic) bond motifs is 1. The van der Waals surface area contributed by atoms with Crippen LogP contribution in [0.1, 0.15) is 16.7 Å². The fraction of sp³-hybridized carbons (Fsp3) is 0.107. The molecule has 1 amide bonds. The SMILES string of the molecule is O=C(/C=C/c1cccc2cccnc12)OCC(=O)N(Cc1ccccc1)Cc1ccccc1. The smallest absolute Gasteiger partial charge is 0.331 e. The van der Waals surface area contributed by atoms with Crippen molar-refractivity contribution in [2.75, 3.05) is 6.61 Å². The minimum atomic E-state index is -0.573. The first kappa shape index (κ1) is 22.0. The van der Waals surface area contributed by atoms with Crippen molar-refractivity contribution in [3.05, 3.63) is 120 Å². The van der Waals surface area contributed by atoms with Crippen molar-refractivity contribution in [2.45, 2.75) is 13.1 Å². The van der Waals surface area contributed by atoms with Gasteiger partial charge in [0, 0.05) is 36.3 Å². The third-order valence-corrected chi connectivity index (χ3v) is 5.19. The number of amides is 1. The molecule has 0 radical (unpaired) electrons. The van der Waals surface area contributed by atoms with Crippen LogP contribution in [0.4, 0.5) is 0 Å². The minimum Gasteiger partial charge on any atom is -0.452 e. The number of carbonyl (C=O) groups is 2. The second kappa shape index (κ2) is 10.9. The standard InChI is InChI=1S/C28H24N2O3/c31-26(30(19-22-9-3-1-4-10-22)20-23-11-5-2-6-12-23)21-33-27(32)17-16-25-14-7-13-24-15-8-18-29-28(24)25/h1-18H,19-21H2/b17-16+. The molecule has 0 unspecified atom stereocenters. The van der Waals surface area contributed by atoms with E-state index >= 15 is 0 Å². The molecular formula is C28H24N2O3. The van der Waals surface area contributed by atoms with Gasteiger partial charge in [0.2, 0.25) is 0 Å². The number of rotatable bonds is 8. The van der Waals surface area contributed by atoms with E-state index in [2.05, 4.69) is 4.98 Å². The Morgan fingerprint density at radius 3 is 2.09 bits per heavy atom. The number of ether oxygens (including phenoxy) is 1. The maximum Gasteiger partial charge on any atom is 0.331 e. The van der Waals surface area contributed by atoms with Crippen molar-refractivity contribution in [3.63, 3.8) is 0 Å². The predicted octanol–water partition coefficient (Wildman–Crippen LogP) is 5.02. The van der Waals surface area contributed by atoms with Crippen LogP contribution in [0.2, 0.25) is 0 Å². The van der Waals surface area contributed by atoms with Gasteiger partial charge in [0.15, 0.2) is 6.61 Å². The number of hydrogen-bond acceptors (Lipinski definition) is 4. The fourth-order valence-corrected chi connectivity index (χ4v) is 3.53. The van der Waals surface area contributed by atoms with Crippen molar-refractivity contribution >= 4 is 28.9 Å². The lowest BCUT2D eigenvalue weighted by atomic mass is 10.1. The Morgan fingerprint density at radius 1 is 0.788 bits per heavy atom. The summed E-state index contributed by atoms with van der Waals surface area (Å²) in [5.41, 5.74) is 3.64. The molecule has 5 nitrogen and oxygen atoms in total. The quantitative estimate of drug-likeness (QED) is 0.287. The Balaban J connectivity index is 1.40. The summed E-state index contributed by atoms with van der Waals surface area (Å²) in [7, 11) is 0. The Kier molecular flexibility index (Phi) is 7.23. The van der Waals surface area contributed by atoms with Gasteiger partial charge < -0.3 is 9.64 Å². The summed E-state index contributed by atoms with van der Waals surface area (Å²) >= 11 is 0. The Morgan fingerprint density at radius 2 is 1.42 bits per heavy atom. The van der Waals surface area contributed by atoms with Crippen LogP contribution in [0.5, 0.6) is 0 Å². The number of para-hydroxylation sites is 1. The van der Waals surface area contributed by atoms with Gasteiger partial charge >= 0.3 is 5.97 Å². The van der Waals surface area contributed by atoms with Crippen molar-refractivity contribution in [3.8, 4) is 0 Å². The third kappa shape index (κ3) is 6.14. The molecular weight excluding hydrogens is 412 g/mol. The van der Waals surface area contributed by atoms with Gasteiger partial charge in [-0.25, -0.2) is 4.79 Å². The largest absolute Gasteiger partial charge is 0.452 e. The normalized spacial score (nSPS) is 10.9. The van der Waals surface area contributed by atoms with Crippen LogP contribution in [0.15, 0.2) is 103 Å². The molecule has 4 aromatic rings. The molecule has 0 atom stereocenters. The summed E-state index contributed by atoms with van der Waals surface area (Å²) in [4.78, 5) is 31.3. The van der Waals surface area contributed by atoms with Gasteiger partial charge in [-0.15, -0.1) is 0 Å². The molecule has 0 spiro atoms. The topological polar surface area (TPSA) is 59.5 Å². The molecule has 0 aliphatic rings. The van der Waals surface area contributed by atoms with Gasteiger partial charge in [-0.1, -0.05) is 84.9 Å². The van der Waals surface area contributed by atoms with Gasteiger partial charge in [-0.2, -0.15) is 0 Å². The van der Waals surface area contributed by atoms with Crippen LogP contribution in [0.25, 0.3) is 17.0 Å². The molecule has 1 aromatic heterocycles. The summed E-state index contributed by atoms with van der Waals surface area (Å²) in [6, 6.07) is 29.1. The summed E-state index contributed by atoms with van der Waals surface area (Å²) in [6.07, 6.45) is 4.70. The van der Waals surface area contributed by atoms with E-state index < -0.39 is 5.97 Å². The second-order valence-electron chi connectivity index (χ2n) is 7.58. The van der Waals surface area contributed by atoms with Crippen LogP contribution in [0, 0.1) is 0 Å². The minimum absolute atomic E-state index is 0.253. The van der Waals surface area contributed by atoms with E-state index in [0.717, 1.165) is 27.6 Å². The lowest BCUT2D eigenvalue weighted by Crippen LogP contribution is -2.33. The molecule has 0 aliphatic carbocycles. The summed E-state index contributed by atoms with van der Waals surface area (Å²) in [5, 5.41) is 0.987. The highest BCUT2D eigenvalue weighted by Gasteiger charge is 2.16. The van der Waals surface area contributed by atoms with Crippen LogP contribution in [0.3, 0.4) is 0 Å². The molecule has 164 valence electrons. The van der Waals surface area contributed by atoms with Crippen molar-refractivity contribution in [2.24, 2.45) is 0 Å². The number of benzene rings is 3. The van der Waals surface area contributed by atoms with E-state index in [4.69, 9.17) is 4.74 Å². The average Bonchev–Trinajstić information content (AvgIpc) is 2.87. The van der Waals surface area contributed by atoms with Gasteiger partial charge in [0.1, 0.15) is 0 Å². The highest BCUT2D eigenvalue weighted by molar-refractivity contribution is 5.93. The number of esters is 1. The number of nitrogens with zero attached hydrogens (tertiary/aromatic N) is 2. The molecule has 4 rings (SSSR count). The molecule has 0 bridgehead atoms. The lowest BCUT2D eigenvalue weighted by Gasteiger charge is -2.23. The first-order valence-corrected chi connectivity index (χ1v) is 10.7. The first-order valence-electron chi connectivity index (χ1n) is 10.7. The summed E-state index contributed by atoms with van der Waals surface area (Å²) in [5.74, 6) is -0.827. The van der Waals surface area contributed by atoms with Crippen molar-refractivity contribution < 1.29 is 14.3 Å². The molecule has 0 saturated carbocycles. The summed E-state index contributed by atoms with van der Waals surface area (Å²) in [6.45, 7) is 0.546. The molecule has 0 saturated heterocycles. The molecule has 33 heavy (non-hydrogen) atoms. The van der Waals surface area contributed by atoms with Gasteiger partial charge in [-0.05, 0) is 23.3 Å². The Labute approximate surface area is 193 Å². The predicted molar refractivity (Wildman–Crippen MR) is 129 cm³/mol. The molecule has 1 heterocycles. The van der Waals surface area contributed by atoms with Crippen LogP contribution < -0.4 is 0 Å². The molecule has 5 heteroatoms. The van der Waals surface area contributed by atoms with E-state index in [1.165, 1.54) is 6.08 Å². The van der Waals surface area contributed by atoms with Gasteiger partial charge in [0.25, 0.3) is 5.91 Å². The van der Waals surface area contributed by atoms with E-state index in [9.17, 15) is 9.59 Å². The highest BCUT2D eigenvalue weighted by atomic mass is 16.5. The molecule has 0 N–H and O–H groups in total. The van der Waals surface area contributed by atoms with Crippen LogP contribution in [-0.2, 0) is 27.4 Å². The zero-order chi connectivity index (χ0) is 22.9. The van der Waals surface area contributed by atoms with Crippen molar-refractivity contribution in [1.82, 2.24) is 9.88 Å². The maximum atomic E-state index is 12.9. The Bertz CT molecular complexity index is 1210. The first-order chi connectivity index (χ1) is 16.2. The van der Waals surface area contributed by atoms with E-state index in [0.29, 0.717) is 13.1 Å². The van der Waals surface area contributed by atoms with E-state index in [1.807, 2.05) is 91.0 Å².